The van der Waals surface area contributed by atoms with E-state index in [1.54, 1.807) is 0 Å². The molecule has 0 heterocycles. The quantitative estimate of drug-likeness (QED) is 0.660. The van der Waals surface area contributed by atoms with Gasteiger partial charge in [-0.1, -0.05) is 51.8 Å². The second kappa shape index (κ2) is 6.99. The largest absolute Gasteiger partial charge is 0.356 e. The molecule has 0 radical (unpaired) electrons. The van der Waals surface area contributed by atoms with Gasteiger partial charge in [0, 0.05) is 4.47 Å². The summed E-state index contributed by atoms with van der Waals surface area (Å²) in [6, 6.07) is 14.5. The fourth-order valence-electron chi connectivity index (χ4n) is 2.81. The van der Waals surface area contributed by atoms with Gasteiger partial charge >= 0.3 is 0 Å². The van der Waals surface area contributed by atoms with E-state index in [4.69, 9.17) is 23.8 Å². The highest BCUT2D eigenvalue weighted by molar-refractivity contribution is 9.10. The SMILES string of the molecule is S=C(Nc1ccc(Br)cc1Cl)NC1CCCc2ccccc21. The molecule has 1 atom stereocenters. The number of fused-ring (bicyclic) bond motifs is 1. The van der Waals surface area contributed by atoms with E-state index in [-0.39, 0.29) is 6.04 Å². The summed E-state index contributed by atoms with van der Waals surface area (Å²) in [6.07, 6.45) is 3.41. The molecule has 0 aliphatic heterocycles. The van der Waals surface area contributed by atoms with Gasteiger partial charge in [0.05, 0.1) is 16.8 Å². The van der Waals surface area contributed by atoms with E-state index in [2.05, 4.69) is 50.8 Å². The van der Waals surface area contributed by atoms with Crippen LogP contribution in [0.5, 0.6) is 0 Å². The van der Waals surface area contributed by atoms with Crippen molar-refractivity contribution in [1.82, 2.24) is 5.32 Å². The lowest BCUT2D eigenvalue weighted by Gasteiger charge is -2.27. The van der Waals surface area contributed by atoms with Crippen molar-refractivity contribution in [2.45, 2.75) is 25.3 Å². The second-order valence-corrected chi connectivity index (χ2v) is 7.10. The predicted molar refractivity (Wildman–Crippen MR) is 101 cm³/mol. The van der Waals surface area contributed by atoms with Gasteiger partial charge in [0.15, 0.2) is 5.11 Å². The van der Waals surface area contributed by atoms with Gasteiger partial charge in [0.1, 0.15) is 0 Å². The van der Waals surface area contributed by atoms with Gasteiger partial charge in [0.2, 0.25) is 0 Å². The number of benzene rings is 2. The predicted octanol–water partition coefficient (Wildman–Crippen LogP) is 5.47. The number of aryl methyl sites for hydroxylation is 1. The van der Waals surface area contributed by atoms with Crippen LogP contribution in [0, 0.1) is 0 Å². The molecule has 0 bridgehead atoms. The first kappa shape index (κ1) is 15.8. The third-order valence-corrected chi connectivity index (χ3v) is 4.88. The molecule has 5 heteroatoms. The summed E-state index contributed by atoms with van der Waals surface area (Å²) < 4.78 is 0.947. The van der Waals surface area contributed by atoms with E-state index in [1.807, 2.05) is 18.2 Å². The zero-order valence-corrected chi connectivity index (χ0v) is 15.1. The molecule has 0 aromatic heterocycles. The lowest BCUT2D eigenvalue weighted by atomic mass is 9.88. The van der Waals surface area contributed by atoms with Crippen LogP contribution >= 0.6 is 39.7 Å². The average Bonchev–Trinajstić information content (AvgIpc) is 2.50. The number of rotatable bonds is 2. The summed E-state index contributed by atoms with van der Waals surface area (Å²) >= 11 is 15.1. The topological polar surface area (TPSA) is 24.1 Å². The Balaban J connectivity index is 1.70. The van der Waals surface area contributed by atoms with Crippen LogP contribution in [0.15, 0.2) is 46.9 Å². The van der Waals surface area contributed by atoms with Crippen LogP contribution in [0.25, 0.3) is 0 Å². The van der Waals surface area contributed by atoms with Crippen molar-refractivity contribution in [2.24, 2.45) is 0 Å². The Morgan fingerprint density at radius 3 is 2.86 bits per heavy atom. The van der Waals surface area contributed by atoms with Crippen LogP contribution in [0.1, 0.15) is 30.0 Å². The minimum absolute atomic E-state index is 0.263. The lowest BCUT2D eigenvalue weighted by Crippen LogP contribution is -2.34. The number of hydrogen-bond donors (Lipinski definition) is 2. The first-order valence-electron chi connectivity index (χ1n) is 7.24. The maximum atomic E-state index is 6.22. The zero-order chi connectivity index (χ0) is 15.5. The normalized spacial score (nSPS) is 16.7. The minimum atomic E-state index is 0.263. The van der Waals surface area contributed by atoms with Crippen molar-refractivity contribution in [3.8, 4) is 0 Å². The minimum Gasteiger partial charge on any atom is -0.356 e. The Bertz CT molecular complexity index is 705. The maximum absolute atomic E-state index is 6.22. The standard InChI is InChI=1S/C17H16BrClN2S/c18-12-8-9-16(14(19)10-12)21-17(22)20-15-7-3-5-11-4-1-2-6-13(11)15/h1-2,4,6,8-10,15H,3,5,7H2,(H2,20,21,22). The molecule has 0 fully saturated rings. The summed E-state index contributed by atoms with van der Waals surface area (Å²) in [6.45, 7) is 0. The van der Waals surface area contributed by atoms with Crippen LogP contribution in [0.3, 0.4) is 0 Å². The molecule has 2 nitrogen and oxygen atoms in total. The van der Waals surface area contributed by atoms with Gasteiger partial charge in [-0.2, -0.15) is 0 Å². The van der Waals surface area contributed by atoms with Crippen molar-refractivity contribution in [2.75, 3.05) is 5.32 Å². The third kappa shape index (κ3) is 3.62. The molecule has 114 valence electrons. The van der Waals surface area contributed by atoms with Gasteiger partial charge in [0.25, 0.3) is 0 Å². The Hall–Kier alpha value is -1.10. The van der Waals surface area contributed by atoms with Crippen molar-refractivity contribution < 1.29 is 0 Å². The van der Waals surface area contributed by atoms with Gasteiger partial charge in [-0.05, 0) is 60.8 Å². The fraction of sp³-hybridized carbons (Fsp3) is 0.235. The van der Waals surface area contributed by atoms with Crippen LogP contribution in [-0.4, -0.2) is 5.11 Å². The molecule has 0 amide bonds. The van der Waals surface area contributed by atoms with Gasteiger partial charge in [-0.15, -0.1) is 0 Å². The molecule has 2 N–H and O–H groups in total. The highest BCUT2D eigenvalue weighted by Gasteiger charge is 2.20. The number of thiocarbonyl (C=S) groups is 1. The molecule has 1 aliphatic carbocycles. The second-order valence-electron chi connectivity index (χ2n) is 5.37. The average molecular weight is 396 g/mol. The molecule has 1 aliphatic rings. The number of halogens is 2. The molecule has 0 saturated heterocycles. The van der Waals surface area contributed by atoms with Crippen LogP contribution in [0.2, 0.25) is 5.02 Å². The highest BCUT2D eigenvalue weighted by atomic mass is 79.9. The van der Waals surface area contributed by atoms with E-state index >= 15 is 0 Å². The number of hydrogen-bond acceptors (Lipinski definition) is 1. The fourth-order valence-corrected chi connectivity index (χ4v) is 3.78. The summed E-state index contributed by atoms with van der Waals surface area (Å²) in [5.41, 5.74) is 3.57. The number of nitrogens with one attached hydrogen (secondary N) is 2. The molecular weight excluding hydrogens is 380 g/mol. The molecule has 2 aromatic rings. The summed E-state index contributed by atoms with van der Waals surface area (Å²) in [4.78, 5) is 0. The van der Waals surface area contributed by atoms with E-state index in [0.29, 0.717) is 10.1 Å². The smallest absolute Gasteiger partial charge is 0.171 e. The maximum Gasteiger partial charge on any atom is 0.171 e. The number of anilines is 1. The first-order chi connectivity index (χ1) is 10.6. The van der Waals surface area contributed by atoms with Gasteiger partial charge in [-0.3, -0.25) is 0 Å². The molecule has 0 saturated carbocycles. The highest BCUT2D eigenvalue weighted by Crippen LogP contribution is 2.30. The van der Waals surface area contributed by atoms with E-state index < -0.39 is 0 Å². The van der Waals surface area contributed by atoms with Crippen molar-refractivity contribution in [3.63, 3.8) is 0 Å². The Labute approximate surface area is 149 Å². The lowest BCUT2D eigenvalue weighted by molar-refractivity contribution is 0.529. The van der Waals surface area contributed by atoms with Crippen molar-refractivity contribution in [1.29, 1.82) is 0 Å². The van der Waals surface area contributed by atoms with Crippen molar-refractivity contribution in [3.05, 3.63) is 63.1 Å². The van der Waals surface area contributed by atoms with E-state index in [1.165, 1.54) is 17.5 Å². The Kier molecular flexibility index (Phi) is 5.01. The Morgan fingerprint density at radius 2 is 2.05 bits per heavy atom. The molecule has 1 unspecified atom stereocenters. The molecule has 3 rings (SSSR count). The molecule has 22 heavy (non-hydrogen) atoms. The molecule has 0 spiro atoms. The molecular formula is C17H16BrClN2S. The van der Waals surface area contributed by atoms with Crippen LogP contribution in [-0.2, 0) is 6.42 Å². The summed E-state index contributed by atoms with van der Waals surface area (Å²) in [7, 11) is 0. The monoisotopic (exact) mass is 394 g/mol. The third-order valence-electron chi connectivity index (χ3n) is 3.85. The van der Waals surface area contributed by atoms with Crippen LogP contribution < -0.4 is 10.6 Å². The summed E-state index contributed by atoms with van der Waals surface area (Å²) in [5, 5.41) is 7.84. The van der Waals surface area contributed by atoms with Gasteiger partial charge < -0.3 is 10.6 Å². The van der Waals surface area contributed by atoms with Crippen molar-refractivity contribution >= 4 is 50.5 Å². The Morgan fingerprint density at radius 1 is 1.23 bits per heavy atom. The van der Waals surface area contributed by atoms with E-state index in [0.717, 1.165) is 23.0 Å². The molecule has 2 aromatic carbocycles. The first-order valence-corrected chi connectivity index (χ1v) is 8.82. The van der Waals surface area contributed by atoms with Crippen LogP contribution in [0.4, 0.5) is 5.69 Å². The van der Waals surface area contributed by atoms with E-state index in [9.17, 15) is 0 Å². The summed E-state index contributed by atoms with van der Waals surface area (Å²) in [5.74, 6) is 0. The zero-order valence-electron chi connectivity index (χ0n) is 11.9. The van der Waals surface area contributed by atoms with Gasteiger partial charge in [-0.25, -0.2) is 0 Å².